The molecule has 1 aliphatic rings. The Morgan fingerprint density at radius 2 is 2.14 bits per heavy atom. The molecule has 1 atom stereocenters. The van der Waals surface area contributed by atoms with Crippen molar-refractivity contribution in [2.75, 3.05) is 17.2 Å². The van der Waals surface area contributed by atoms with Crippen molar-refractivity contribution >= 4 is 17.3 Å². The molecule has 4 nitrogen and oxygen atoms in total. The minimum absolute atomic E-state index is 0.144. The average molecular weight is 288 g/mol. The Balaban J connectivity index is 1.90. The first-order chi connectivity index (χ1) is 10.2. The molecule has 114 valence electrons. The number of hydrogen-bond donors (Lipinski definition) is 2. The van der Waals surface area contributed by atoms with Crippen molar-refractivity contribution in [2.24, 2.45) is 0 Å². The zero-order valence-electron chi connectivity index (χ0n) is 12.6. The highest BCUT2D eigenvalue weighted by molar-refractivity contribution is 5.94. The first-order valence-corrected chi connectivity index (χ1v) is 7.59. The number of rotatable bonds is 7. The second-order valence-corrected chi connectivity index (χ2v) is 5.46. The van der Waals surface area contributed by atoms with Gasteiger partial charge in [0.25, 0.3) is 5.91 Å². The molecule has 0 spiro atoms. The standard InChI is InChI=1S/C17H24N2O2/c1-3-11-21-13(2)17(20)19-16-10-6-9-15(12-16)18-14-7-4-5-8-14/h3,6,9-10,12-14,18H,1,4-5,7-8,11H2,2H3,(H,19,20)/t13-/m1/s1. The van der Waals surface area contributed by atoms with Gasteiger partial charge in [0, 0.05) is 17.4 Å². The van der Waals surface area contributed by atoms with Gasteiger partial charge in [-0.15, -0.1) is 6.58 Å². The SMILES string of the molecule is C=CCO[C@H](C)C(=O)Nc1cccc(NC2CCCC2)c1. The molecule has 1 saturated carbocycles. The molecule has 2 N–H and O–H groups in total. The number of hydrogen-bond acceptors (Lipinski definition) is 3. The number of carbonyl (C=O) groups excluding carboxylic acids is 1. The van der Waals surface area contributed by atoms with E-state index in [2.05, 4.69) is 17.2 Å². The summed E-state index contributed by atoms with van der Waals surface area (Å²) in [4.78, 5) is 12.0. The predicted molar refractivity (Wildman–Crippen MR) is 86.6 cm³/mol. The Morgan fingerprint density at radius 1 is 1.43 bits per heavy atom. The lowest BCUT2D eigenvalue weighted by atomic mass is 10.2. The molecule has 2 rings (SSSR count). The molecule has 0 heterocycles. The summed E-state index contributed by atoms with van der Waals surface area (Å²) in [6, 6.07) is 8.40. The van der Waals surface area contributed by atoms with Crippen LogP contribution in [0.15, 0.2) is 36.9 Å². The molecular formula is C17H24N2O2. The maximum atomic E-state index is 12.0. The van der Waals surface area contributed by atoms with Gasteiger partial charge in [-0.05, 0) is 38.0 Å². The van der Waals surface area contributed by atoms with Crippen LogP contribution in [-0.4, -0.2) is 24.7 Å². The van der Waals surface area contributed by atoms with E-state index in [1.807, 2.05) is 24.3 Å². The topological polar surface area (TPSA) is 50.4 Å². The van der Waals surface area contributed by atoms with E-state index in [0.29, 0.717) is 12.6 Å². The van der Waals surface area contributed by atoms with E-state index in [0.717, 1.165) is 11.4 Å². The monoisotopic (exact) mass is 288 g/mol. The van der Waals surface area contributed by atoms with Crippen LogP contribution in [0.5, 0.6) is 0 Å². The Bertz CT molecular complexity index is 481. The summed E-state index contributed by atoms with van der Waals surface area (Å²) >= 11 is 0. The fourth-order valence-corrected chi connectivity index (χ4v) is 2.52. The number of nitrogens with one attached hydrogen (secondary N) is 2. The molecule has 1 amide bonds. The molecule has 0 aromatic heterocycles. The van der Waals surface area contributed by atoms with E-state index in [1.165, 1.54) is 25.7 Å². The van der Waals surface area contributed by atoms with Gasteiger partial charge in [0.1, 0.15) is 6.10 Å². The number of carbonyl (C=O) groups is 1. The van der Waals surface area contributed by atoms with E-state index < -0.39 is 6.10 Å². The average Bonchev–Trinajstić information content (AvgIpc) is 2.98. The third-order valence-corrected chi connectivity index (χ3v) is 3.69. The fraction of sp³-hybridized carbons (Fsp3) is 0.471. The summed E-state index contributed by atoms with van der Waals surface area (Å²) in [6.07, 6.45) is 6.19. The van der Waals surface area contributed by atoms with Gasteiger partial charge in [-0.3, -0.25) is 4.79 Å². The van der Waals surface area contributed by atoms with Crippen LogP contribution in [0.25, 0.3) is 0 Å². The molecule has 0 aliphatic heterocycles. The van der Waals surface area contributed by atoms with Gasteiger partial charge >= 0.3 is 0 Å². The van der Waals surface area contributed by atoms with E-state index in [1.54, 1.807) is 13.0 Å². The molecule has 1 aromatic rings. The van der Waals surface area contributed by atoms with Gasteiger partial charge < -0.3 is 15.4 Å². The van der Waals surface area contributed by atoms with Crippen molar-refractivity contribution in [3.05, 3.63) is 36.9 Å². The van der Waals surface area contributed by atoms with Gasteiger partial charge in [0.2, 0.25) is 0 Å². The number of ether oxygens (including phenoxy) is 1. The zero-order chi connectivity index (χ0) is 15.1. The molecule has 0 radical (unpaired) electrons. The van der Waals surface area contributed by atoms with Crippen LogP contribution in [0.3, 0.4) is 0 Å². The smallest absolute Gasteiger partial charge is 0.253 e. The largest absolute Gasteiger partial charge is 0.382 e. The minimum Gasteiger partial charge on any atom is -0.382 e. The number of anilines is 2. The third kappa shape index (κ3) is 4.90. The lowest BCUT2D eigenvalue weighted by Crippen LogP contribution is -2.27. The second-order valence-electron chi connectivity index (χ2n) is 5.46. The van der Waals surface area contributed by atoms with Crippen molar-refractivity contribution < 1.29 is 9.53 Å². The molecule has 0 unspecified atom stereocenters. The van der Waals surface area contributed by atoms with Crippen LogP contribution in [-0.2, 0) is 9.53 Å². The Kier molecular flexibility index (Phi) is 5.81. The predicted octanol–water partition coefficient (Wildman–Crippen LogP) is 3.57. The van der Waals surface area contributed by atoms with Crippen LogP contribution in [0.1, 0.15) is 32.6 Å². The summed E-state index contributed by atoms with van der Waals surface area (Å²) in [5.41, 5.74) is 1.84. The van der Waals surface area contributed by atoms with Crippen LogP contribution >= 0.6 is 0 Å². The molecule has 1 fully saturated rings. The van der Waals surface area contributed by atoms with Gasteiger partial charge in [-0.1, -0.05) is 25.0 Å². The van der Waals surface area contributed by atoms with Gasteiger partial charge in [-0.2, -0.15) is 0 Å². The molecule has 0 saturated heterocycles. The van der Waals surface area contributed by atoms with E-state index in [9.17, 15) is 4.79 Å². The quantitative estimate of drug-likeness (QED) is 0.754. The van der Waals surface area contributed by atoms with Crippen LogP contribution in [0, 0.1) is 0 Å². The first-order valence-electron chi connectivity index (χ1n) is 7.59. The summed E-state index contributed by atoms with van der Waals surface area (Å²) in [7, 11) is 0. The van der Waals surface area contributed by atoms with Gasteiger partial charge in [0.15, 0.2) is 0 Å². The van der Waals surface area contributed by atoms with Crippen molar-refractivity contribution in [2.45, 2.75) is 44.8 Å². The van der Waals surface area contributed by atoms with Gasteiger partial charge in [0.05, 0.1) is 6.61 Å². The summed E-state index contributed by atoms with van der Waals surface area (Å²) in [6.45, 7) is 5.68. The van der Waals surface area contributed by atoms with Crippen molar-refractivity contribution in [3.63, 3.8) is 0 Å². The number of benzene rings is 1. The van der Waals surface area contributed by atoms with Crippen LogP contribution < -0.4 is 10.6 Å². The zero-order valence-corrected chi connectivity index (χ0v) is 12.6. The lowest BCUT2D eigenvalue weighted by molar-refractivity contribution is -0.125. The molecular weight excluding hydrogens is 264 g/mol. The third-order valence-electron chi connectivity index (χ3n) is 3.69. The minimum atomic E-state index is -0.491. The molecule has 0 bridgehead atoms. The van der Waals surface area contributed by atoms with Crippen molar-refractivity contribution in [1.29, 1.82) is 0 Å². The Labute approximate surface area is 126 Å². The van der Waals surface area contributed by atoms with Crippen LogP contribution in [0.2, 0.25) is 0 Å². The number of amides is 1. The first kappa shape index (κ1) is 15.6. The summed E-state index contributed by atoms with van der Waals surface area (Å²) < 4.78 is 5.32. The van der Waals surface area contributed by atoms with Gasteiger partial charge in [-0.25, -0.2) is 0 Å². The highest BCUT2D eigenvalue weighted by Gasteiger charge is 2.15. The maximum Gasteiger partial charge on any atom is 0.253 e. The summed E-state index contributed by atoms with van der Waals surface area (Å²) in [5.74, 6) is -0.144. The highest BCUT2D eigenvalue weighted by Crippen LogP contribution is 2.23. The maximum absolute atomic E-state index is 12.0. The molecule has 4 heteroatoms. The van der Waals surface area contributed by atoms with Crippen molar-refractivity contribution in [3.8, 4) is 0 Å². The summed E-state index contributed by atoms with van der Waals surface area (Å²) in [5, 5.41) is 6.40. The molecule has 1 aliphatic carbocycles. The van der Waals surface area contributed by atoms with E-state index in [-0.39, 0.29) is 5.91 Å². The fourth-order valence-electron chi connectivity index (χ4n) is 2.52. The molecule has 21 heavy (non-hydrogen) atoms. The molecule has 1 aromatic carbocycles. The Morgan fingerprint density at radius 3 is 2.86 bits per heavy atom. The Hall–Kier alpha value is -1.81. The normalized spacial score (nSPS) is 16.4. The van der Waals surface area contributed by atoms with Crippen molar-refractivity contribution in [1.82, 2.24) is 0 Å². The van der Waals surface area contributed by atoms with E-state index in [4.69, 9.17) is 4.74 Å². The second kappa shape index (κ2) is 7.84. The lowest BCUT2D eigenvalue weighted by Gasteiger charge is -2.16. The van der Waals surface area contributed by atoms with E-state index >= 15 is 0 Å². The van der Waals surface area contributed by atoms with Crippen LogP contribution in [0.4, 0.5) is 11.4 Å². The highest BCUT2D eigenvalue weighted by atomic mass is 16.5.